The summed E-state index contributed by atoms with van der Waals surface area (Å²) in [6, 6.07) is 0.396. The molecular formula is C28H32F7N5O2. The SMILES string of the molecule is O=C(CC1CC(F)(F)C1)NC(c1ccn2cc([C@@H](NC(=O)[C@H]3C[C@@H]3C(F)(F)F)C3CCC(F)(F)CC3)nc2n1)C1CC1. The van der Waals surface area contributed by atoms with E-state index in [0.29, 0.717) is 11.4 Å². The number of imidazole rings is 1. The van der Waals surface area contributed by atoms with Crippen molar-refractivity contribution < 1.29 is 40.3 Å². The third-order valence-corrected chi connectivity index (χ3v) is 9.14. The Bertz CT molecular complexity index is 1340. The molecule has 4 aliphatic carbocycles. The molecule has 1 unspecified atom stereocenters. The molecule has 7 nitrogen and oxygen atoms in total. The summed E-state index contributed by atoms with van der Waals surface area (Å²) in [4.78, 5) is 34.6. The second-order valence-corrected chi connectivity index (χ2v) is 12.6. The number of aromatic nitrogens is 3. The summed E-state index contributed by atoms with van der Waals surface area (Å²) in [5.74, 6) is -10.0. The Morgan fingerprint density at radius 1 is 0.929 bits per heavy atom. The molecule has 42 heavy (non-hydrogen) atoms. The monoisotopic (exact) mass is 603 g/mol. The molecule has 0 spiro atoms. The molecule has 4 saturated carbocycles. The van der Waals surface area contributed by atoms with E-state index < -0.39 is 66.6 Å². The molecule has 2 amide bonds. The maximum absolute atomic E-state index is 13.9. The fourth-order valence-corrected chi connectivity index (χ4v) is 6.45. The number of nitrogens with one attached hydrogen (secondary N) is 2. The second kappa shape index (κ2) is 10.4. The number of nitrogens with zero attached hydrogens (tertiary/aromatic N) is 3. The van der Waals surface area contributed by atoms with Crippen LogP contribution in [-0.4, -0.2) is 44.2 Å². The molecule has 2 aromatic rings. The highest BCUT2D eigenvalue weighted by atomic mass is 19.4. The van der Waals surface area contributed by atoms with Gasteiger partial charge in [0.2, 0.25) is 29.4 Å². The summed E-state index contributed by atoms with van der Waals surface area (Å²) in [7, 11) is 0. The number of rotatable bonds is 9. The third kappa shape index (κ3) is 6.36. The summed E-state index contributed by atoms with van der Waals surface area (Å²) in [5.41, 5.74) is 0.837. The van der Waals surface area contributed by atoms with Crippen molar-refractivity contribution in [1.29, 1.82) is 0 Å². The van der Waals surface area contributed by atoms with Crippen molar-refractivity contribution in [3.63, 3.8) is 0 Å². The molecule has 0 aromatic carbocycles. The Balaban J connectivity index is 1.20. The van der Waals surface area contributed by atoms with Gasteiger partial charge in [0.25, 0.3) is 0 Å². The van der Waals surface area contributed by atoms with Crippen LogP contribution in [0.1, 0.15) is 87.7 Å². The number of carbonyl (C=O) groups is 2. The lowest BCUT2D eigenvalue weighted by Gasteiger charge is -2.34. The normalized spacial score (nSPS) is 27.2. The van der Waals surface area contributed by atoms with Crippen molar-refractivity contribution in [2.45, 2.75) is 94.3 Å². The summed E-state index contributed by atoms with van der Waals surface area (Å²) in [5, 5.41) is 5.62. The van der Waals surface area contributed by atoms with Gasteiger partial charge in [-0.1, -0.05) is 0 Å². The van der Waals surface area contributed by atoms with Crippen LogP contribution < -0.4 is 10.6 Å². The van der Waals surface area contributed by atoms with E-state index in [9.17, 15) is 40.3 Å². The van der Waals surface area contributed by atoms with E-state index in [1.165, 1.54) is 0 Å². The Kier molecular flexibility index (Phi) is 7.19. The predicted molar refractivity (Wildman–Crippen MR) is 134 cm³/mol. The molecule has 2 heterocycles. The van der Waals surface area contributed by atoms with Crippen molar-refractivity contribution in [2.24, 2.45) is 29.6 Å². The van der Waals surface area contributed by atoms with E-state index >= 15 is 0 Å². The van der Waals surface area contributed by atoms with E-state index in [1.807, 2.05) is 0 Å². The Labute approximate surface area is 237 Å². The number of alkyl halides is 7. The van der Waals surface area contributed by atoms with Gasteiger partial charge in [0.05, 0.1) is 35.3 Å². The predicted octanol–water partition coefficient (Wildman–Crippen LogP) is 5.91. The lowest BCUT2D eigenvalue weighted by molar-refractivity contribution is -0.155. The standard InChI is InChI=1S/C28H32F7N5O2/c29-26(30)6-3-16(4-7-26)23(39-24(42)17-10-18(17)28(33,34)35)20-13-40-8-5-19(36-25(40)37-20)22(15-1-2-15)38-21(41)9-14-11-27(31,32)12-14/h5,8,13-18,22-23H,1-4,6-7,9-12H2,(H,38,41)(H,39,42)/t17-,18-,22?,23-/m0/s1. The highest BCUT2D eigenvalue weighted by Gasteiger charge is 2.59. The molecule has 4 aliphatic rings. The summed E-state index contributed by atoms with van der Waals surface area (Å²) in [6.07, 6.45) is -1.07. The highest BCUT2D eigenvalue weighted by Crippen LogP contribution is 2.51. The van der Waals surface area contributed by atoms with Gasteiger partial charge in [0.15, 0.2) is 0 Å². The first kappa shape index (κ1) is 29.2. The zero-order valence-electron chi connectivity index (χ0n) is 22.6. The summed E-state index contributed by atoms with van der Waals surface area (Å²) >= 11 is 0. The maximum atomic E-state index is 13.9. The highest BCUT2D eigenvalue weighted by molar-refractivity contribution is 5.82. The molecule has 6 rings (SSSR count). The molecule has 4 fully saturated rings. The van der Waals surface area contributed by atoms with Gasteiger partial charge in [-0.3, -0.25) is 14.0 Å². The first-order chi connectivity index (χ1) is 19.7. The third-order valence-electron chi connectivity index (χ3n) is 9.14. The molecule has 2 N–H and O–H groups in total. The minimum absolute atomic E-state index is 0.00653. The first-order valence-corrected chi connectivity index (χ1v) is 14.5. The number of hydrogen-bond acceptors (Lipinski definition) is 4. The van der Waals surface area contributed by atoms with Crippen molar-refractivity contribution in [3.8, 4) is 0 Å². The molecule has 230 valence electrons. The number of halogens is 7. The van der Waals surface area contributed by atoms with E-state index in [4.69, 9.17) is 0 Å². The molecule has 0 aliphatic heterocycles. The molecule has 4 atom stereocenters. The fraction of sp³-hybridized carbons (Fsp3) is 0.714. The van der Waals surface area contributed by atoms with Crippen molar-refractivity contribution in [2.75, 3.05) is 0 Å². The van der Waals surface area contributed by atoms with Crippen LogP contribution in [0.2, 0.25) is 0 Å². The van der Waals surface area contributed by atoms with Crippen LogP contribution in [0.15, 0.2) is 18.5 Å². The van der Waals surface area contributed by atoms with Gasteiger partial charge in [-0.25, -0.2) is 27.5 Å². The lowest BCUT2D eigenvalue weighted by atomic mass is 9.79. The average molecular weight is 604 g/mol. The summed E-state index contributed by atoms with van der Waals surface area (Å²) < 4.78 is 95.1. The van der Waals surface area contributed by atoms with Gasteiger partial charge in [-0.15, -0.1) is 0 Å². The molecule has 2 aromatic heterocycles. The van der Waals surface area contributed by atoms with E-state index in [2.05, 4.69) is 20.6 Å². The number of hydrogen-bond donors (Lipinski definition) is 2. The smallest absolute Gasteiger partial charge is 0.347 e. The zero-order chi connectivity index (χ0) is 30.0. The van der Waals surface area contributed by atoms with Crippen molar-refractivity contribution in [3.05, 3.63) is 29.8 Å². The zero-order valence-corrected chi connectivity index (χ0v) is 22.6. The molecule has 14 heteroatoms. The van der Waals surface area contributed by atoms with Crippen LogP contribution in [-0.2, 0) is 9.59 Å². The molecule has 0 radical (unpaired) electrons. The average Bonchev–Trinajstić information content (AvgIpc) is 3.80. The number of amides is 2. The maximum Gasteiger partial charge on any atom is 0.392 e. The quantitative estimate of drug-likeness (QED) is 0.349. The van der Waals surface area contributed by atoms with Gasteiger partial charge >= 0.3 is 6.18 Å². The van der Waals surface area contributed by atoms with Crippen LogP contribution in [0, 0.1) is 29.6 Å². The van der Waals surface area contributed by atoms with Crippen molar-refractivity contribution >= 4 is 17.6 Å². The molecule has 0 saturated heterocycles. The van der Waals surface area contributed by atoms with Crippen LogP contribution in [0.25, 0.3) is 5.78 Å². The Hall–Kier alpha value is -2.93. The minimum atomic E-state index is -4.48. The number of carbonyl (C=O) groups excluding carboxylic acids is 2. The van der Waals surface area contributed by atoms with E-state index in [0.717, 1.165) is 12.8 Å². The van der Waals surface area contributed by atoms with Crippen LogP contribution in [0.4, 0.5) is 30.7 Å². The van der Waals surface area contributed by atoms with Crippen molar-refractivity contribution in [1.82, 2.24) is 25.0 Å². The van der Waals surface area contributed by atoms with Crippen LogP contribution in [0.5, 0.6) is 0 Å². The topological polar surface area (TPSA) is 88.4 Å². The van der Waals surface area contributed by atoms with Gasteiger partial charge in [0, 0.05) is 44.5 Å². The summed E-state index contributed by atoms with van der Waals surface area (Å²) in [6.45, 7) is 0. The molecule has 0 bridgehead atoms. The second-order valence-electron chi connectivity index (χ2n) is 12.6. The Morgan fingerprint density at radius 3 is 2.14 bits per heavy atom. The van der Waals surface area contributed by atoms with Gasteiger partial charge < -0.3 is 10.6 Å². The van der Waals surface area contributed by atoms with Gasteiger partial charge in [0.1, 0.15) is 0 Å². The van der Waals surface area contributed by atoms with Gasteiger partial charge in [-0.2, -0.15) is 13.2 Å². The number of fused-ring (bicyclic) bond motifs is 1. The van der Waals surface area contributed by atoms with E-state index in [1.54, 1.807) is 22.9 Å². The van der Waals surface area contributed by atoms with Crippen LogP contribution in [0.3, 0.4) is 0 Å². The van der Waals surface area contributed by atoms with Crippen LogP contribution >= 0.6 is 0 Å². The first-order valence-electron chi connectivity index (χ1n) is 14.5. The van der Waals surface area contributed by atoms with E-state index in [-0.39, 0.29) is 62.0 Å². The minimum Gasteiger partial charge on any atom is -0.347 e. The fourth-order valence-electron chi connectivity index (χ4n) is 6.45. The lowest BCUT2D eigenvalue weighted by Crippen LogP contribution is -2.39. The largest absolute Gasteiger partial charge is 0.392 e. The van der Waals surface area contributed by atoms with Gasteiger partial charge in [-0.05, 0) is 55.9 Å². The Morgan fingerprint density at radius 2 is 1.55 bits per heavy atom. The molecular weight excluding hydrogens is 571 g/mol.